The Labute approximate surface area is 495 Å². The molecule has 5 saturated carbocycles. The van der Waals surface area contributed by atoms with Gasteiger partial charge in [0.15, 0.2) is 39.1 Å². The zero-order valence-corrected chi connectivity index (χ0v) is 47.9. The fourth-order valence-corrected chi connectivity index (χ4v) is 8.35. The molecule has 20 nitrogen and oxygen atoms in total. The molecule has 86 heavy (non-hydrogen) atoms. The molecule has 5 fully saturated rings. The predicted molar refractivity (Wildman–Crippen MR) is 275 cm³/mol. The number of alkyl halides is 20. The van der Waals surface area contributed by atoms with Gasteiger partial charge in [-0.2, -0.15) is 54.5 Å². The van der Waals surface area contributed by atoms with Crippen LogP contribution in [-0.4, -0.2) is 145 Å². The third kappa shape index (κ3) is 26.6. The third-order valence-electron chi connectivity index (χ3n) is 10.8. The van der Waals surface area contributed by atoms with E-state index < -0.39 is 132 Å². The summed E-state index contributed by atoms with van der Waals surface area (Å²) in [6.45, 7) is 3.57. The van der Waals surface area contributed by atoms with E-state index in [1.807, 2.05) is 0 Å². The average molecular weight is 1400 g/mol. The first-order valence-electron chi connectivity index (χ1n) is 24.0. The predicted octanol–water partition coefficient (Wildman–Crippen LogP) is 9.28. The van der Waals surface area contributed by atoms with Crippen molar-refractivity contribution in [3.05, 3.63) is 27.2 Å². The average Bonchev–Trinajstić information content (AvgIpc) is 1.35. The Balaban J connectivity index is 0.000000384. The number of hydrogen-bond acceptors (Lipinski definition) is 18. The molecule has 488 valence electrons. The van der Waals surface area contributed by atoms with Crippen LogP contribution < -0.4 is 38.9 Å². The van der Waals surface area contributed by atoms with Crippen LogP contribution in [0.25, 0.3) is 10.8 Å². The molecule has 0 aromatic carbocycles. The number of primary amides is 1. The number of anilines is 2. The summed E-state index contributed by atoms with van der Waals surface area (Å²) in [6, 6.07) is -2.56. The van der Waals surface area contributed by atoms with Gasteiger partial charge in [-0.3, -0.25) is 14.9 Å². The van der Waals surface area contributed by atoms with Crippen molar-refractivity contribution in [1.29, 1.82) is 0 Å². The number of thiazole rings is 2. The van der Waals surface area contributed by atoms with E-state index in [4.69, 9.17) is 22.0 Å². The second-order valence-electron chi connectivity index (χ2n) is 18.5. The monoisotopic (exact) mass is 1400 g/mol. The molecule has 0 bridgehead atoms. The number of rotatable bonds is 12. The van der Waals surface area contributed by atoms with Crippen molar-refractivity contribution in [1.82, 2.24) is 30.2 Å². The number of carbonyl (C=O) groups excluding carboxylic acids is 4. The Morgan fingerprint density at radius 1 is 0.616 bits per heavy atom. The first kappa shape index (κ1) is 76.2. The van der Waals surface area contributed by atoms with Crippen molar-refractivity contribution >= 4 is 98.5 Å². The fraction of sp³-hybridized carbons (Fsp3) is 0.651. The maximum Gasteiger partial charge on any atom is 0.470 e. The number of halogens is 21. The lowest BCUT2D eigenvalue weighted by atomic mass is 9.88. The van der Waals surface area contributed by atoms with E-state index in [9.17, 15) is 97.8 Å². The first-order valence-corrected chi connectivity index (χ1v) is 26.9. The highest BCUT2D eigenvalue weighted by Gasteiger charge is 2.49. The molecule has 1 amide bonds. The smallest absolute Gasteiger partial charge is 0.461 e. The Hall–Kier alpha value is -5.91. The summed E-state index contributed by atoms with van der Waals surface area (Å²) >= 11 is 3.85. The second kappa shape index (κ2) is 30.8. The molecule has 43 heteroatoms. The number of ketones is 1. The van der Waals surface area contributed by atoms with E-state index in [1.165, 1.54) is 0 Å². The maximum absolute atomic E-state index is 13.0. The first-order chi connectivity index (χ1) is 38.7. The van der Waals surface area contributed by atoms with Crippen molar-refractivity contribution in [2.75, 3.05) is 29.2 Å². The van der Waals surface area contributed by atoms with Gasteiger partial charge < -0.3 is 43.0 Å². The summed E-state index contributed by atoms with van der Waals surface area (Å²) in [5.41, 5.74) is 18.3. The van der Waals surface area contributed by atoms with Crippen molar-refractivity contribution in [2.45, 2.75) is 156 Å². The number of esters is 2. The molecule has 11 N–H and O–H groups in total. The largest absolute Gasteiger partial charge is 0.470 e. The van der Waals surface area contributed by atoms with Crippen LogP contribution in [0, 0.1) is 0 Å². The number of ether oxygens (including phenoxy) is 2. The van der Waals surface area contributed by atoms with Crippen LogP contribution in [-0.2, 0) is 36.2 Å². The number of nitrogens with zero attached hydrogens (tertiary/aromatic N) is 7. The molecule has 0 saturated heterocycles. The lowest BCUT2D eigenvalue weighted by molar-refractivity contribution is -0.169. The van der Waals surface area contributed by atoms with Gasteiger partial charge in [-0.25, -0.2) is 73.4 Å². The van der Waals surface area contributed by atoms with Gasteiger partial charge >= 0.3 is 36.4 Å². The quantitative estimate of drug-likeness (QED) is 0.0222. The second-order valence-corrected chi connectivity index (χ2v) is 20.7. The van der Waals surface area contributed by atoms with Gasteiger partial charge in [-0.05, 0) is 13.8 Å². The van der Waals surface area contributed by atoms with Crippen LogP contribution in [0.4, 0.5) is 95.3 Å². The molecule has 3 aromatic rings. The number of nitrogens with two attached hydrogens (primary N) is 4. The number of nitrogens with one attached hydrogen (secondary N) is 3. The molecule has 0 aliphatic heterocycles. The van der Waals surface area contributed by atoms with E-state index in [0.717, 1.165) is 10.8 Å². The van der Waals surface area contributed by atoms with Crippen LogP contribution >= 0.6 is 51.0 Å². The van der Waals surface area contributed by atoms with Crippen molar-refractivity contribution in [3.63, 3.8) is 0 Å². The molecule has 0 atom stereocenters. The third-order valence-corrected chi connectivity index (χ3v) is 13.0. The minimum absolute atomic E-state index is 0. The number of Topliss-reactive ketones (excluding diaryl/α,β-unsaturated/α-hetero) is 1. The SMILES string of the molecule is CCOC(=O)C(=O)CBr.CCOC(=O)c1csc(C(F)(F)F)n1.Cl.FC1(F)CC(Nc2nc(NC3CC(F)(F)C3)nc(-c3nc(C(F)(F)F)cs3)n2)C1.NC(=NC1CC(F)(F)C1)NC(N)=NC1CC(F)(F)C1.NC(=O)C(F)(F)F.NC1CC(F)(F)C1. The molecule has 8 rings (SSSR count). The summed E-state index contributed by atoms with van der Waals surface area (Å²) in [5.74, 6) is -18.6. The number of amides is 1. The Morgan fingerprint density at radius 2 is 1.02 bits per heavy atom. The zero-order chi connectivity index (χ0) is 64.9. The van der Waals surface area contributed by atoms with Gasteiger partial charge in [0.1, 0.15) is 0 Å². The van der Waals surface area contributed by atoms with Crippen LogP contribution in [0.2, 0.25) is 0 Å². The van der Waals surface area contributed by atoms with Crippen molar-refractivity contribution in [2.24, 2.45) is 32.9 Å². The molecule has 0 radical (unpaired) electrons. The van der Waals surface area contributed by atoms with Crippen LogP contribution in [0.15, 0.2) is 20.7 Å². The van der Waals surface area contributed by atoms with E-state index >= 15 is 0 Å². The number of aromatic nitrogens is 5. The number of guanidine groups is 2. The number of carbonyl (C=O) groups is 4. The minimum Gasteiger partial charge on any atom is -0.461 e. The summed E-state index contributed by atoms with van der Waals surface area (Å²) in [7, 11) is 0. The molecule has 3 aromatic heterocycles. The molecule has 5 aliphatic carbocycles. The van der Waals surface area contributed by atoms with E-state index in [0.29, 0.717) is 22.7 Å². The van der Waals surface area contributed by atoms with E-state index in [-0.39, 0.29) is 116 Å². The molecule has 0 spiro atoms. The lowest BCUT2D eigenvalue weighted by Crippen LogP contribution is -2.47. The summed E-state index contributed by atoms with van der Waals surface area (Å²) in [6.07, 6.45) is -17.4. The van der Waals surface area contributed by atoms with Gasteiger partial charge in [-0.15, -0.1) is 35.1 Å². The Morgan fingerprint density at radius 3 is 1.31 bits per heavy atom. The van der Waals surface area contributed by atoms with Crippen molar-refractivity contribution < 1.29 is 112 Å². The number of hydrogen-bond donors (Lipinski definition) is 7. The highest BCUT2D eigenvalue weighted by atomic mass is 79.9. The fourth-order valence-electron chi connectivity index (χ4n) is 6.71. The van der Waals surface area contributed by atoms with Gasteiger partial charge in [0.05, 0.1) is 30.6 Å². The highest BCUT2D eigenvalue weighted by Crippen LogP contribution is 2.43. The Bertz CT molecular complexity index is 2690. The van der Waals surface area contributed by atoms with Crippen LogP contribution in [0.3, 0.4) is 0 Å². The van der Waals surface area contributed by atoms with Gasteiger partial charge in [0.25, 0.3) is 29.6 Å². The Kier molecular flexibility index (Phi) is 27.3. The number of aliphatic imine (C=N–C) groups is 2. The normalized spacial score (nSPS) is 19.4. The summed E-state index contributed by atoms with van der Waals surface area (Å²) < 4.78 is 241. The lowest BCUT2D eigenvalue weighted by Gasteiger charge is -2.36. The summed E-state index contributed by atoms with van der Waals surface area (Å²) in [5, 5.41) is 8.39. The summed E-state index contributed by atoms with van der Waals surface area (Å²) in [4.78, 5) is 66.9. The van der Waals surface area contributed by atoms with Crippen LogP contribution in [0.5, 0.6) is 0 Å². The maximum atomic E-state index is 13.0. The van der Waals surface area contributed by atoms with Crippen molar-refractivity contribution in [3.8, 4) is 10.8 Å². The topological polar surface area (TPSA) is 316 Å². The standard InChI is InChI=1S/C15H13F7N6S.C10H15F4N5.C7H6F3NO2S.C5H7BrO3.C4H7F2N.C2H2F3NO.ClH/c16-13(17)1-6(2-13)23-11-26-9(10-25-8(5-29-10)15(20,21)22)27-12(28-11)24-7-3-14(18,19)4-7;11-9(12)1-5(2-9)17-7(15)19-8(16)18-6-3-10(13,14)4-6;1-2-13-5(12)4-3-14-6(11-4)7(8,9)10;1-2-9-5(8)4(7)3-6;5-4(6)1-3(7)2-4;3-2(4,5)1(6)7;/h5-7H,1-4H2,(H2,23,24,26,27,28);5-6H,1-4H2,(H5,15,16,17,18,19);3H,2H2,1H3;2-3H2,1H3;3H,1-2,7H2;(H2,6,7);1H. The minimum atomic E-state index is -4.86. The van der Waals surface area contributed by atoms with Gasteiger partial charge in [0.2, 0.25) is 17.7 Å². The van der Waals surface area contributed by atoms with E-state index in [2.05, 4.69) is 82.0 Å². The molecule has 5 aliphatic rings. The molecular weight excluding hydrogens is 1350 g/mol. The van der Waals surface area contributed by atoms with Gasteiger partial charge in [-0.1, -0.05) is 15.9 Å². The van der Waals surface area contributed by atoms with Gasteiger partial charge in [0, 0.05) is 93.1 Å². The highest BCUT2D eigenvalue weighted by molar-refractivity contribution is 9.09. The molecule has 3 heterocycles. The van der Waals surface area contributed by atoms with E-state index in [1.54, 1.807) is 13.8 Å². The zero-order valence-electron chi connectivity index (χ0n) is 43.9. The van der Waals surface area contributed by atoms with Crippen LogP contribution in [0.1, 0.15) is 99.2 Å². The molecular formula is C43H51BrClF19N14O6S2. The molecule has 0 unspecified atom stereocenters.